The van der Waals surface area contributed by atoms with Gasteiger partial charge in [-0.25, -0.2) is 4.98 Å². The molecule has 7 heteroatoms. The maximum Gasteiger partial charge on any atom is 0.262 e. The Morgan fingerprint density at radius 2 is 1.67 bits per heavy atom. The van der Waals surface area contributed by atoms with Crippen LogP contribution in [0.3, 0.4) is 0 Å². The average Bonchev–Trinajstić information content (AvgIpc) is 3.34. The van der Waals surface area contributed by atoms with Crippen LogP contribution in [-0.4, -0.2) is 56.6 Å². The zero-order chi connectivity index (χ0) is 23.3. The summed E-state index contributed by atoms with van der Waals surface area (Å²) in [6.07, 6.45) is 1.58. The summed E-state index contributed by atoms with van der Waals surface area (Å²) in [5, 5.41) is 0. The van der Waals surface area contributed by atoms with Crippen LogP contribution in [0.2, 0.25) is 0 Å². The molecule has 5 rings (SSSR count). The normalized spacial score (nSPS) is 17.8. The number of carbonyl (C=O) groups is 3. The standard InChI is InChI=1S/C26H28N4O3/c1-15(2)22(30-24(31)18-6-4-5-7-19(18)25(30)32)26(33)29-12-10-17(11-13-29)23-27-20-9-8-16(3)14-21(20)28-23/h4-9,14-15,17,22H,10-13H2,1-3H3,(H,27,28). The SMILES string of the molecule is Cc1ccc2nc(C3CCN(C(=O)C(C(C)C)N4C(=O)c5ccccc5C4=O)CC3)[nH]c2c1. The van der Waals surface area contributed by atoms with Crippen LogP contribution in [0.15, 0.2) is 42.5 Å². The van der Waals surface area contributed by atoms with Gasteiger partial charge >= 0.3 is 0 Å². The van der Waals surface area contributed by atoms with Crippen LogP contribution in [0.25, 0.3) is 11.0 Å². The third-order valence-electron chi connectivity index (χ3n) is 6.84. The molecule has 0 radical (unpaired) electrons. The zero-order valence-corrected chi connectivity index (χ0v) is 19.2. The number of aromatic amines is 1. The minimum atomic E-state index is -0.803. The van der Waals surface area contributed by atoms with Gasteiger partial charge in [0.15, 0.2) is 0 Å². The molecule has 0 spiro atoms. The molecule has 2 aliphatic rings. The van der Waals surface area contributed by atoms with Crippen molar-refractivity contribution in [2.45, 2.75) is 45.6 Å². The molecule has 3 heterocycles. The lowest BCUT2D eigenvalue weighted by molar-refractivity contribution is -0.138. The van der Waals surface area contributed by atoms with Crippen LogP contribution in [0.5, 0.6) is 0 Å². The molecule has 1 aromatic heterocycles. The number of hydrogen-bond acceptors (Lipinski definition) is 4. The number of benzene rings is 2. The van der Waals surface area contributed by atoms with Crippen molar-refractivity contribution in [3.63, 3.8) is 0 Å². The van der Waals surface area contributed by atoms with Crippen molar-refractivity contribution in [2.75, 3.05) is 13.1 Å². The maximum absolute atomic E-state index is 13.5. The fourth-order valence-electron chi connectivity index (χ4n) is 5.05. The van der Waals surface area contributed by atoms with Crippen molar-refractivity contribution in [3.05, 3.63) is 65.0 Å². The summed E-state index contributed by atoms with van der Waals surface area (Å²) >= 11 is 0. The van der Waals surface area contributed by atoms with E-state index in [1.54, 1.807) is 29.2 Å². The van der Waals surface area contributed by atoms with E-state index in [1.165, 1.54) is 10.5 Å². The van der Waals surface area contributed by atoms with Crippen molar-refractivity contribution in [2.24, 2.45) is 5.92 Å². The Morgan fingerprint density at radius 1 is 1.03 bits per heavy atom. The molecule has 0 bridgehead atoms. The van der Waals surface area contributed by atoms with E-state index in [4.69, 9.17) is 4.98 Å². The first-order chi connectivity index (χ1) is 15.8. The predicted molar refractivity (Wildman–Crippen MR) is 125 cm³/mol. The zero-order valence-electron chi connectivity index (χ0n) is 19.2. The quantitative estimate of drug-likeness (QED) is 0.619. The lowest BCUT2D eigenvalue weighted by Crippen LogP contribution is -2.54. The van der Waals surface area contributed by atoms with Crippen LogP contribution in [0.4, 0.5) is 0 Å². The van der Waals surface area contributed by atoms with Gasteiger partial charge in [-0.15, -0.1) is 0 Å². The van der Waals surface area contributed by atoms with Gasteiger partial charge in [-0.05, 0) is 55.5 Å². The molecule has 1 atom stereocenters. The fraction of sp³-hybridized carbons (Fsp3) is 0.385. The number of imidazole rings is 1. The second kappa shape index (κ2) is 8.14. The molecule has 1 unspecified atom stereocenters. The molecular formula is C26H28N4O3. The summed E-state index contributed by atoms with van der Waals surface area (Å²) in [4.78, 5) is 50.7. The number of aromatic nitrogens is 2. The number of fused-ring (bicyclic) bond motifs is 2. The minimum absolute atomic E-state index is 0.154. The number of imide groups is 1. The summed E-state index contributed by atoms with van der Waals surface area (Å²) in [7, 11) is 0. The number of nitrogens with zero attached hydrogens (tertiary/aromatic N) is 3. The number of likely N-dealkylation sites (tertiary alicyclic amines) is 1. The van der Waals surface area contributed by atoms with E-state index in [9.17, 15) is 14.4 Å². The topological polar surface area (TPSA) is 86.4 Å². The molecule has 7 nitrogen and oxygen atoms in total. The number of H-pyrrole nitrogens is 1. The maximum atomic E-state index is 13.5. The van der Waals surface area contributed by atoms with E-state index in [0.29, 0.717) is 24.2 Å². The lowest BCUT2D eigenvalue weighted by Gasteiger charge is -2.37. The second-order valence-electron chi connectivity index (χ2n) is 9.46. The van der Waals surface area contributed by atoms with Gasteiger partial charge in [0.1, 0.15) is 11.9 Å². The summed E-state index contributed by atoms with van der Waals surface area (Å²) in [5.74, 6) is 0.112. The van der Waals surface area contributed by atoms with Gasteiger partial charge in [0.2, 0.25) is 5.91 Å². The summed E-state index contributed by atoms with van der Waals surface area (Å²) in [6, 6.07) is 12.2. The van der Waals surface area contributed by atoms with E-state index < -0.39 is 6.04 Å². The van der Waals surface area contributed by atoms with Gasteiger partial charge < -0.3 is 9.88 Å². The number of rotatable bonds is 4. The third-order valence-corrected chi connectivity index (χ3v) is 6.84. The van der Waals surface area contributed by atoms with Crippen molar-refractivity contribution in [1.82, 2.24) is 19.8 Å². The lowest BCUT2D eigenvalue weighted by atomic mass is 9.94. The summed E-state index contributed by atoms with van der Waals surface area (Å²) in [6.45, 7) is 6.98. The molecule has 2 aromatic carbocycles. The van der Waals surface area contributed by atoms with E-state index in [2.05, 4.69) is 24.0 Å². The first kappa shape index (κ1) is 21.4. The Balaban J connectivity index is 1.32. The minimum Gasteiger partial charge on any atom is -0.342 e. The molecule has 1 N–H and O–H groups in total. The molecule has 3 aromatic rings. The van der Waals surface area contributed by atoms with Gasteiger partial charge in [0, 0.05) is 19.0 Å². The fourth-order valence-corrected chi connectivity index (χ4v) is 5.05. The second-order valence-corrected chi connectivity index (χ2v) is 9.46. The smallest absolute Gasteiger partial charge is 0.262 e. The Kier molecular flexibility index (Phi) is 5.27. The van der Waals surface area contributed by atoms with Crippen molar-refractivity contribution < 1.29 is 14.4 Å². The molecule has 0 saturated carbocycles. The van der Waals surface area contributed by atoms with E-state index in [1.807, 2.05) is 19.9 Å². The summed E-state index contributed by atoms with van der Waals surface area (Å²) in [5.41, 5.74) is 3.93. The summed E-state index contributed by atoms with van der Waals surface area (Å²) < 4.78 is 0. The Bertz CT molecular complexity index is 1220. The van der Waals surface area contributed by atoms with Gasteiger partial charge in [0.05, 0.1) is 22.2 Å². The molecule has 33 heavy (non-hydrogen) atoms. The molecule has 170 valence electrons. The molecule has 0 aliphatic carbocycles. The van der Waals surface area contributed by atoms with Crippen molar-refractivity contribution >= 4 is 28.8 Å². The predicted octanol–water partition coefficient (Wildman–Crippen LogP) is 3.90. The number of aryl methyl sites for hydroxylation is 1. The van der Waals surface area contributed by atoms with Gasteiger partial charge in [0.25, 0.3) is 11.8 Å². The third kappa shape index (κ3) is 3.61. The largest absolute Gasteiger partial charge is 0.342 e. The van der Waals surface area contributed by atoms with Gasteiger partial charge in [-0.2, -0.15) is 0 Å². The van der Waals surface area contributed by atoms with Gasteiger partial charge in [-0.3, -0.25) is 19.3 Å². The van der Waals surface area contributed by atoms with Crippen molar-refractivity contribution in [1.29, 1.82) is 0 Å². The monoisotopic (exact) mass is 444 g/mol. The van der Waals surface area contributed by atoms with E-state index >= 15 is 0 Å². The highest BCUT2D eigenvalue weighted by molar-refractivity contribution is 6.22. The highest BCUT2D eigenvalue weighted by Gasteiger charge is 2.45. The Labute approximate surface area is 192 Å². The number of piperidine rings is 1. The molecular weight excluding hydrogens is 416 g/mol. The first-order valence-electron chi connectivity index (χ1n) is 11.6. The Hall–Kier alpha value is -3.48. The molecule has 1 saturated heterocycles. The average molecular weight is 445 g/mol. The van der Waals surface area contributed by atoms with Gasteiger partial charge in [-0.1, -0.05) is 32.0 Å². The number of hydrogen-bond donors (Lipinski definition) is 1. The highest BCUT2D eigenvalue weighted by atomic mass is 16.2. The van der Waals surface area contributed by atoms with Crippen LogP contribution >= 0.6 is 0 Å². The number of carbonyl (C=O) groups excluding carboxylic acids is 3. The molecule has 2 aliphatic heterocycles. The molecule has 1 fully saturated rings. The van der Waals surface area contributed by atoms with Crippen LogP contribution in [0.1, 0.15) is 64.7 Å². The van der Waals surface area contributed by atoms with Crippen LogP contribution in [0, 0.1) is 12.8 Å². The van der Waals surface area contributed by atoms with E-state index in [0.717, 1.165) is 29.7 Å². The highest BCUT2D eigenvalue weighted by Crippen LogP contribution is 2.31. The Morgan fingerprint density at radius 3 is 2.27 bits per heavy atom. The first-order valence-corrected chi connectivity index (χ1v) is 11.6. The van der Waals surface area contributed by atoms with Crippen molar-refractivity contribution in [3.8, 4) is 0 Å². The molecule has 3 amide bonds. The van der Waals surface area contributed by atoms with E-state index in [-0.39, 0.29) is 29.6 Å². The van der Waals surface area contributed by atoms with Crippen LogP contribution in [-0.2, 0) is 4.79 Å². The van der Waals surface area contributed by atoms with Crippen LogP contribution < -0.4 is 0 Å². The number of amides is 3. The number of nitrogens with one attached hydrogen (secondary N) is 1.